The highest BCUT2D eigenvalue weighted by atomic mass is 15.2. The molecule has 2 aromatic heterocycles. The monoisotopic (exact) mass is 330 g/mol. The van der Waals surface area contributed by atoms with Crippen molar-refractivity contribution in [1.82, 2.24) is 20.2 Å². The molecule has 6 nitrogen and oxygen atoms in total. The van der Waals surface area contributed by atoms with Gasteiger partial charge < -0.3 is 10.6 Å². The van der Waals surface area contributed by atoms with Crippen LogP contribution in [0.2, 0.25) is 0 Å². The molecule has 0 amide bonds. The van der Waals surface area contributed by atoms with Crippen molar-refractivity contribution in [2.45, 2.75) is 13.1 Å². The largest absolute Gasteiger partial charge is 0.365 e. The minimum absolute atomic E-state index is 0.566. The average Bonchev–Trinajstić information content (AvgIpc) is 3.15. The smallest absolute Gasteiger partial charge is 0.226 e. The number of H-pyrrole nitrogens is 1. The summed E-state index contributed by atoms with van der Waals surface area (Å²) in [4.78, 5) is 9.10. The van der Waals surface area contributed by atoms with Gasteiger partial charge in [-0.2, -0.15) is 15.1 Å². The van der Waals surface area contributed by atoms with E-state index < -0.39 is 0 Å². The van der Waals surface area contributed by atoms with Gasteiger partial charge in [0.1, 0.15) is 5.82 Å². The Kier molecular flexibility index (Phi) is 4.24. The summed E-state index contributed by atoms with van der Waals surface area (Å²) in [6.07, 6.45) is 1.74. The molecule has 25 heavy (non-hydrogen) atoms. The Morgan fingerprint density at radius 3 is 2.08 bits per heavy atom. The van der Waals surface area contributed by atoms with E-state index in [1.807, 2.05) is 36.4 Å². The summed E-state index contributed by atoms with van der Waals surface area (Å²) in [6.45, 7) is 1.36. The van der Waals surface area contributed by atoms with Gasteiger partial charge in [0, 0.05) is 13.1 Å². The van der Waals surface area contributed by atoms with Crippen LogP contribution in [0.15, 0.2) is 66.9 Å². The van der Waals surface area contributed by atoms with Crippen molar-refractivity contribution in [3.8, 4) is 0 Å². The van der Waals surface area contributed by atoms with Crippen LogP contribution in [0.1, 0.15) is 11.1 Å². The van der Waals surface area contributed by atoms with Gasteiger partial charge in [0.05, 0.1) is 11.6 Å². The molecule has 3 N–H and O–H groups in total. The van der Waals surface area contributed by atoms with Gasteiger partial charge >= 0.3 is 0 Å². The molecule has 0 saturated heterocycles. The van der Waals surface area contributed by atoms with Crippen molar-refractivity contribution < 1.29 is 0 Å². The second kappa shape index (κ2) is 7.00. The lowest BCUT2D eigenvalue weighted by Crippen LogP contribution is -2.07. The first-order valence-corrected chi connectivity index (χ1v) is 8.15. The summed E-state index contributed by atoms with van der Waals surface area (Å²) in [7, 11) is 0. The molecule has 0 spiro atoms. The van der Waals surface area contributed by atoms with E-state index in [1.54, 1.807) is 6.20 Å². The van der Waals surface area contributed by atoms with Gasteiger partial charge in [0.15, 0.2) is 5.65 Å². The molecule has 4 aromatic rings. The molecule has 0 saturated carbocycles. The maximum Gasteiger partial charge on any atom is 0.226 e. The number of aromatic amines is 1. The molecule has 0 fully saturated rings. The normalized spacial score (nSPS) is 10.7. The Balaban J connectivity index is 1.54. The first-order valence-electron chi connectivity index (χ1n) is 8.15. The molecule has 124 valence electrons. The van der Waals surface area contributed by atoms with Crippen molar-refractivity contribution in [1.29, 1.82) is 0 Å². The average molecular weight is 330 g/mol. The summed E-state index contributed by atoms with van der Waals surface area (Å²) in [5.41, 5.74) is 3.08. The summed E-state index contributed by atoms with van der Waals surface area (Å²) < 4.78 is 0. The number of nitrogens with zero attached hydrogens (tertiary/aromatic N) is 3. The maximum atomic E-state index is 4.61. The molecular weight excluding hydrogens is 312 g/mol. The van der Waals surface area contributed by atoms with E-state index in [0.717, 1.165) is 11.2 Å². The fraction of sp³-hybridized carbons (Fsp3) is 0.105. The number of anilines is 2. The number of aromatic nitrogens is 4. The van der Waals surface area contributed by atoms with Crippen LogP contribution in [0, 0.1) is 0 Å². The quantitative estimate of drug-likeness (QED) is 0.504. The molecule has 2 heterocycles. The lowest BCUT2D eigenvalue weighted by Gasteiger charge is -2.10. The predicted molar refractivity (Wildman–Crippen MR) is 99.2 cm³/mol. The van der Waals surface area contributed by atoms with Gasteiger partial charge in [0.2, 0.25) is 5.95 Å². The van der Waals surface area contributed by atoms with Crippen molar-refractivity contribution in [3.05, 3.63) is 78.0 Å². The highest BCUT2D eigenvalue weighted by Crippen LogP contribution is 2.21. The molecule has 0 atom stereocenters. The molecule has 0 aliphatic rings. The molecule has 4 rings (SSSR count). The van der Waals surface area contributed by atoms with Crippen LogP contribution in [-0.2, 0) is 13.1 Å². The zero-order valence-corrected chi connectivity index (χ0v) is 13.6. The minimum atomic E-state index is 0.566. The molecule has 0 aliphatic heterocycles. The summed E-state index contributed by atoms with van der Waals surface area (Å²) >= 11 is 0. The number of hydrogen-bond donors (Lipinski definition) is 3. The van der Waals surface area contributed by atoms with Crippen molar-refractivity contribution >= 4 is 22.8 Å². The number of fused-ring (bicyclic) bond motifs is 1. The molecule has 2 aromatic carbocycles. The Bertz CT molecular complexity index is 949. The van der Waals surface area contributed by atoms with Gasteiger partial charge in [-0.25, -0.2) is 0 Å². The number of rotatable bonds is 6. The van der Waals surface area contributed by atoms with E-state index in [9.17, 15) is 0 Å². The molecular formula is C19H18N6. The lowest BCUT2D eigenvalue weighted by molar-refractivity contribution is 1.04. The van der Waals surface area contributed by atoms with Gasteiger partial charge in [-0.15, -0.1) is 0 Å². The van der Waals surface area contributed by atoms with Crippen LogP contribution in [0.5, 0.6) is 0 Å². The Hall–Kier alpha value is -3.41. The minimum Gasteiger partial charge on any atom is -0.365 e. The lowest BCUT2D eigenvalue weighted by atomic mass is 10.2. The van der Waals surface area contributed by atoms with Crippen LogP contribution in [0.4, 0.5) is 11.8 Å². The predicted octanol–water partition coefficient (Wildman–Crippen LogP) is 3.58. The van der Waals surface area contributed by atoms with Gasteiger partial charge in [-0.1, -0.05) is 60.7 Å². The number of benzene rings is 2. The number of nitrogens with one attached hydrogen (secondary N) is 3. The second-order valence-electron chi connectivity index (χ2n) is 5.71. The zero-order valence-electron chi connectivity index (χ0n) is 13.6. The van der Waals surface area contributed by atoms with Crippen LogP contribution in [-0.4, -0.2) is 20.2 Å². The SMILES string of the molecule is c1ccc(CNc2nc(NCc3ccccc3)c3cn[nH]c3n2)cc1. The van der Waals surface area contributed by atoms with Crippen LogP contribution in [0.25, 0.3) is 11.0 Å². The number of hydrogen-bond acceptors (Lipinski definition) is 5. The summed E-state index contributed by atoms with van der Waals surface area (Å²) in [5.74, 6) is 1.33. The van der Waals surface area contributed by atoms with Gasteiger partial charge in [-0.3, -0.25) is 5.10 Å². The highest BCUT2D eigenvalue weighted by Gasteiger charge is 2.09. The third kappa shape index (κ3) is 3.58. The second-order valence-corrected chi connectivity index (χ2v) is 5.71. The van der Waals surface area contributed by atoms with E-state index in [1.165, 1.54) is 11.1 Å². The van der Waals surface area contributed by atoms with Crippen molar-refractivity contribution in [3.63, 3.8) is 0 Å². The van der Waals surface area contributed by atoms with Gasteiger partial charge in [-0.05, 0) is 11.1 Å². The van der Waals surface area contributed by atoms with Crippen molar-refractivity contribution in [2.75, 3.05) is 10.6 Å². The Morgan fingerprint density at radius 1 is 0.760 bits per heavy atom. The van der Waals surface area contributed by atoms with Crippen molar-refractivity contribution in [2.24, 2.45) is 0 Å². The Labute approximate surface area is 145 Å². The molecule has 6 heteroatoms. The van der Waals surface area contributed by atoms with E-state index in [0.29, 0.717) is 24.7 Å². The molecule has 0 radical (unpaired) electrons. The Morgan fingerprint density at radius 2 is 1.40 bits per heavy atom. The molecule has 0 aliphatic carbocycles. The van der Waals surface area contributed by atoms with Crippen LogP contribution < -0.4 is 10.6 Å². The maximum absolute atomic E-state index is 4.61. The first-order chi connectivity index (χ1) is 12.4. The van der Waals surface area contributed by atoms with E-state index in [2.05, 4.69) is 55.1 Å². The van der Waals surface area contributed by atoms with Crippen LogP contribution in [0.3, 0.4) is 0 Å². The zero-order chi connectivity index (χ0) is 16.9. The summed E-state index contributed by atoms with van der Waals surface area (Å²) in [6, 6.07) is 20.4. The van der Waals surface area contributed by atoms with Gasteiger partial charge in [0.25, 0.3) is 0 Å². The van der Waals surface area contributed by atoms with E-state index in [-0.39, 0.29) is 0 Å². The molecule has 0 bridgehead atoms. The highest BCUT2D eigenvalue weighted by molar-refractivity contribution is 5.86. The third-order valence-electron chi connectivity index (χ3n) is 3.91. The third-order valence-corrected chi connectivity index (χ3v) is 3.91. The van der Waals surface area contributed by atoms with E-state index >= 15 is 0 Å². The van der Waals surface area contributed by atoms with Crippen LogP contribution >= 0.6 is 0 Å². The standard InChI is InChI=1S/C19H18N6/c1-3-7-14(8-4-1)11-20-17-16-13-22-25-18(16)24-19(23-17)21-12-15-9-5-2-6-10-15/h1-10,13H,11-12H2,(H3,20,21,22,23,24,25). The molecule has 0 unspecified atom stereocenters. The summed E-state index contributed by atoms with van der Waals surface area (Å²) in [5, 5.41) is 14.5. The fourth-order valence-corrected chi connectivity index (χ4v) is 2.61. The first kappa shape index (κ1) is 15.1. The van der Waals surface area contributed by atoms with E-state index in [4.69, 9.17) is 0 Å². The fourth-order valence-electron chi connectivity index (χ4n) is 2.61. The topological polar surface area (TPSA) is 78.5 Å².